The molecule has 1 aromatic carbocycles. The fourth-order valence-electron chi connectivity index (χ4n) is 0.696. The number of benzene rings is 1. The van der Waals surface area contributed by atoms with Gasteiger partial charge in [0.15, 0.2) is 0 Å². The zero-order valence-corrected chi connectivity index (χ0v) is 11.7. The monoisotopic (exact) mass is 182 g/mol. The van der Waals surface area contributed by atoms with Crippen LogP contribution in [0, 0.1) is 6.92 Å². The molecule has 0 aliphatic heterocycles. The molecular weight excluding hydrogens is 174 g/mol. The van der Waals surface area contributed by atoms with Gasteiger partial charge >= 0.3 is 5.97 Å². The van der Waals surface area contributed by atoms with Crippen LogP contribution in [0.2, 0.25) is 0 Å². The maximum Gasteiger partial charge on any atom is 0.335 e. The average molecular weight is 182 g/mol. The van der Waals surface area contributed by atoms with E-state index in [1.54, 1.807) is 24.3 Å². The molecule has 0 aliphatic rings. The van der Waals surface area contributed by atoms with Crippen LogP contribution < -0.4 is 0 Å². The fraction of sp³-hybridized carbons (Fsp3) is 0.125. The van der Waals surface area contributed by atoms with Crippen LogP contribution in [-0.2, 0) is 0 Å². The molecule has 1 aromatic rings. The molecule has 1 N–H and O–H groups in total. The van der Waals surface area contributed by atoms with Crippen molar-refractivity contribution in [2.45, 2.75) is 6.92 Å². The van der Waals surface area contributed by atoms with Crippen LogP contribution in [0.5, 0.6) is 0 Å². The van der Waals surface area contributed by atoms with Crippen LogP contribution in [0.3, 0.4) is 0 Å². The zero-order chi connectivity index (χ0) is 7.56. The van der Waals surface area contributed by atoms with Crippen LogP contribution in [0.15, 0.2) is 24.3 Å². The minimum atomic E-state index is -0.875. The minimum absolute atomic E-state index is 0. The van der Waals surface area contributed by atoms with Gasteiger partial charge < -0.3 is 5.11 Å². The summed E-state index contributed by atoms with van der Waals surface area (Å²) in [5.41, 5.74) is 1.41. The molecule has 0 heterocycles. The molecule has 0 unspecified atom stereocenters. The normalized spacial score (nSPS) is 7.75. The van der Waals surface area contributed by atoms with Gasteiger partial charge in [0.1, 0.15) is 0 Å². The second-order valence-corrected chi connectivity index (χ2v) is 2.17. The van der Waals surface area contributed by atoms with Gasteiger partial charge in [-0.15, -0.1) is 0 Å². The van der Waals surface area contributed by atoms with Gasteiger partial charge in [-0.05, 0) is 19.1 Å². The topological polar surface area (TPSA) is 37.3 Å². The summed E-state index contributed by atoms with van der Waals surface area (Å²) in [7, 11) is 0. The van der Waals surface area contributed by atoms with Crippen molar-refractivity contribution in [3.8, 4) is 0 Å². The second kappa shape index (κ2) is 7.13. The Morgan fingerprint density at radius 3 is 1.92 bits per heavy atom. The van der Waals surface area contributed by atoms with E-state index in [4.69, 9.17) is 5.11 Å². The van der Waals surface area contributed by atoms with Crippen molar-refractivity contribution in [2.24, 2.45) is 0 Å². The van der Waals surface area contributed by atoms with E-state index in [-0.39, 0.29) is 59.1 Å². The molecule has 0 saturated carbocycles. The Morgan fingerprint density at radius 1 is 1.17 bits per heavy atom. The summed E-state index contributed by atoms with van der Waals surface area (Å²) in [6.07, 6.45) is 0. The molecule has 0 atom stereocenters. The summed E-state index contributed by atoms with van der Waals surface area (Å²) in [5.74, 6) is -0.875. The third-order valence-corrected chi connectivity index (χ3v) is 1.30. The largest absolute Gasteiger partial charge is 0.478 e. The smallest absolute Gasteiger partial charge is 0.335 e. The van der Waals surface area contributed by atoms with E-state index < -0.39 is 5.97 Å². The third kappa shape index (κ3) is 4.65. The first kappa shape index (κ1) is 15.2. The Kier molecular flexibility index (Phi) is 9.01. The quantitative estimate of drug-likeness (QED) is 0.656. The van der Waals surface area contributed by atoms with Crippen molar-refractivity contribution in [1.82, 2.24) is 0 Å². The van der Waals surface area contributed by atoms with Crippen LogP contribution in [0.25, 0.3) is 0 Å². The molecule has 0 saturated heterocycles. The molecule has 2 radical (unpaired) electrons. The Labute approximate surface area is 116 Å². The Hall–Kier alpha value is 0.690. The molecule has 0 fully saturated rings. The summed E-state index contributed by atoms with van der Waals surface area (Å²) in [5, 5.41) is 8.48. The van der Waals surface area contributed by atoms with Crippen molar-refractivity contribution in [3.63, 3.8) is 0 Å². The van der Waals surface area contributed by atoms with E-state index >= 15 is 0 Å². The average Bonchev–Trinajstić information content (AvgIpc) is 1.88. The summed E-state index contributed by atoms with van der Waals surface area (Å²) in [4.78, 5) is 10.3. The molecule has 0 amide bonds. The van der Waals surface area contributed by atoms with Crippen molar-refractivity contribution in [3.05, 3.63) is 35.4 Å². The van der Waals surface area contributed by atoms with E-state index in [1.165, 1.54) is 0 Å². The summed E-state index contributed by atoms with van der Waals surface area (Å²) >= 11 is 0. The van der Waals surface area contributed by atoms with Gasteiger partial charge in [-0.1, -0.05) is 17.7 Å². The Morgan fingerprint density at radius 2 is 1.58 bits per heavy atom. The predicted molar refractivity (Wildman–Crippen MR) is 49.6 cm³/mol. The summed E-state index contributed by atoms with van der Waals surface area (Å²) < 4.78 is 0. The number of aromatic carboxylic acids is 1. The SMILES string of the molecule is Cc1ccc(C(=O)O)cc1.[Na].[Na]. The van der Waals surface area contributed by atoms with Gasteiger partial charge in [-0.25, -0.2) is 4.79 Å². The Balaban J connectivity index is 0. The molecule has 0 aromatic heterocycles. The maximum absolute atomic E-state index is 10.3. The molecular formula is C8H8Na2O2. The van der Waals surface area contributed by atoms with E-state index in [0.717, 1.165) is 5.56 Å². The molecule has 2 nitrogen and oxygen atoms in total. The number of carboxylic acids is 1. The zero-order valence-electron chi connectivity index (χ0n) is 7.66. The predicted octanol–water partition coefficient (Wildman–Crippen LogP) is 0.932. The number of hydrogen-bond donors (Lipinski definition) is 1. The van der Waals surface area contributed by atoms with E-state index in [2.05, 4.69) is 0 Å². The number of aryl methyl sites for hydroxylation is 1. The molecule has 12 heavy (non-hydrogen) atoms. The first-order valence-electron chi connectivity index (χ1n) is 3.00. The minimum Gasteiger partial charge on any atom is -0.478 e. The molecule has 0 spiro atoms. The first-order valence-corrected chi connectivity index (χ1v) is 3.00. The summed E-state index contributed by atoms with van der Waals surface area (Å²) in [6, 6.07) is 6.75. The van der Waals surface area contributed by atoms with Gasteiger partial charge in [-0.3, -0.25) is 0 Å². The van der Waals surface area contributed by atoms with E-state index in [9.17, 15) is 4.79 Å². The van der Waals surface area contributed by atoms with Crippen LogP contribution in [-0.4, -0.2) is 70.2 Å². The molecule has 54 valence electrons. The van der Waals surface area contributed by atoms with Crippen LogP contribution in [0.1, 0.15) is 15.9 Å². The molecule has 1 rings (SSSR count). The van der Waals surface area contributed by atoms with Crippen molar-refractivity contribution in [2.75, 3.05) is 0 Å². The van der Waals surface area contributed by atoms with Crippen molar-refractivity contribution in [1.29, 1.82) is 0 Å². The Bertz CT molecular complexity index is 244. The molecule has 0 bridgehead atoms. The first-order chi connectivity index (χ1) is 4.70. The van der Waals surface area contributed by atoms with Crippen LogP contribution in [0.4, 0.5) is 0 Å². The van der Waals surface area contributed by atoms with Gasteiger partial charge in [0.25, 0.3) is 0 Å². The van der Waals surface area contributed by atoms with E-state index in [1.807, 2.05) is 6.92 Å². The number of carbonyl (C=O) groups is 1. The standard InChI is InChI=1S/C8H8O2.2Na/c1-6-2-4-7(5-3-6)8(9)10;;/h2-5H,1H3,(H,9,10);;. The molecule has 4 heteroatoms. The van der Waals surface area contributed by atoms with Gasteiger partial charge in [0.2, 0.25) is 0 Å². The van der Waals surface area contributed by atoms with Crippen molar-refractivity contribution < 1.29 is 9.90 Å². The van der Waals surface area contributed by atoms with E-state index in [0.29, 0.717) is 5.56 Å². The summed E-state index contributed by atoms with van der Waals surface area (Å²) in [6.45, 7) is 1.92. The van der Waals surface area contributed by atoms with Gasteiger partial charge in [0, 0.05) is 59.1 Å². The van der Waals surface area contributed by atoms with Gasteiger partial charge in [-0.2, -0.15) is 0 Å². The van der Waals surface area contributed by atoms with Crippen LogP contribution >= 0.6 is 0 Å². The second-order valence-electron chi connectivity index (χ2n) is 2.17. The number of rotatable bonds is 1. The van der Waals surface area contributed by atoms with Gasteiger partial charge in [0.05, 0.1) is 5.56 Å². The van der Waals surface area contributed by atoms with Crippen molar-refractivity contribution >= 4 is 65.1 Å². The maximum atomic E-state index is 10.3. The number of carboxylic acid groups (broad SMARTS) is 1. The molecule has 0 aliphatic carbocycles. The fourth-order valence-corrected chi connectivity index (χ4v) is 0.696. The number of hydrogen-bond acceptors (Lipinski definition) is 1. The third-order valence-electron chi connectivity index (χ3n) is 1.30.